The Balaban J connectivity index is 1.92. The average molecular weight is 291 g/mol. The van der Waals surface area contributed by atoms with Crippen LogP contribution in [0.1, 0.15) is 10.4 Å². The van der Waals surface area contributed by atoms with Crippen LogP contribution in [0.4, 0.5) is 0 Å². The summed E-state index contributed by atoms with van der Waals surface area (Å²) in [6, 6.07) is 14.9. The molecular weight excluding hydrogens is 278 g/mol. The second-order valence-electron chi connectivity index (χ2n) is 4.69. The smallest absolute Gasteiger partial charge is 0.274 e. The number of rotatable bonds is 3. The predicted molar refractivity (Wildman–Crippen MR) is 82.2 cm³/mol. The van der Waals surface area contributed by atoms with Crippen molar-refractivity contribution in [2.24, 2.45) is 0 Å². The van der Waals surface area contributed by atoms with Crippen molar-refractivity contribution < 1.29 is 10.0 Å². The first kappa shape index (κ1) is 13.9. The minimum Gasteiger partial charge on any atom is -0.288 e. The van der Waals surface area contributed by atoms with Crippen LogP contribution in [0.15, 0.2) is 67.1 Å². The van der Waals surface area contributed by atoms with Gasteiger partial charge >= 0.3 is 0 Å². The summed E-state index contributed by atoms with van der Waals surface area (Å²) in [5.74, 6) is -0.560. The van der Waals surface area contributed by atoms with Gasteiger partial charge in [-0.25, -0.2) is 5.48 Å². The van der Waals surface area contributed by atoms with E-state index >= 15 is 0 Å². The van der Waals surface area contributed by atoms with Crippen LogP contribution in [-0.4, -0.2) is 21.1 Å². The highest BCUT2D eigenvalue weighted by atomic mass is 16.5. The van der Waals surface area contributed by atoms with E-state index in [1.165, 1.54) is 6.20 Å². The minimum atomic E-state index is -0.560. The molecule has 2 heterocycles. The van der Waals surface area contributed by atoms with Crippen molar-refractivity contribution in [1.29, 1.82) is 0 Å². The third kappa shape index (κ3) is 2.84. The van der Waals surface area contributed by atoms with Crippen LogP contribution in [0.2, 0.25) is 0 Å². The van der Waals surface area contributed by atoms with Crippen molar-refractivity contribution in [2.75, 3.05) is 0 Å². The van der Waals surface area contributed by atoms with Crippen LogP contribution in [0, 0.1) is 0 Å². The van der Waals surface area contributed by atoms with E-state index in [4.69, 9.17) is 5.21 Å². The lowest BCUT2D eigenvalue weighted by Gasteiger charge is -2.05. The van der Waals surface area contributed by atoms with Gasteiger partial charge in [0.25, 0.3) is 5.91 Å². The van der Waals surface area contributed by atoms with E-state index in [9.17, 15) is 4.79 Å². The fourth-order valence-electron chi connectivity index (χ4n) is 2.16. The van der Waals surface area contributed by atoms with Crippen LogP contribution < -0.4 is 5.48 Å². The summed E-state index contributed by atoms with van der Waals surface area (Å²) in [7, 11) is 0. The second-order valence-corrected chi connectivity index (χ2v) is 4.69. The number of pyridine rings is 2. The third-order valence-electron chi connectivity index (χ3n) is 3.30. The van der Waals surface area contributed by atoms with Gasteiger partial charge in [0.05, 0.1) is 5.69 Å². The van der Waals surface area contributed by atoms with E-state index in [1.54, 1.807) is 30.0 Å². The molecule has 0 bridgehead atoms. The zero-order chi connectivity index (χ0) is 15.4. The fourth-order valence-corrected chi connectivity index (χ4v) is 2.16. The lowest BCUT2D eigenvalue weighted by molar-refractivity contribution is 0.0706. The quantitative estimate of drug-likeness (QED) is 0.574. The SMILES string of the molecule is O=C(NO)c1ccnc(-c2ccc(-c3cccnc3)cc2)c1. The molecule has 0 aliphatic rings. The molecule has 0 unspecified atom stereocenters. The zero-order valence-electron chi connectivity index (χ0n) is 11.6. The number of hydroxylamine groups is 1. The molecule has 0 radical (unpaired) electrons. The predicted octanol–water partition coefficient (Wildman–Crippen LogP) is 2.93. The van der Waals surface area contributed by atoms with Gasteiger partial charge in [-0.3, -0.25) is 20.0 Å². The molecule has 108 valence electrons. The standard InChI is InChI=1S/C17H13N3O2/c21-17(20-22)14-7-9-19-16(10-14)13-5-3-12(4-6-13)15-2-1-8-18-11-15/h1-11,22H,(H,20,21). The molecule has 0 atom stereocenters. The molecule has 1 amide bonds. The Hall–Kier alpha value is -3.05. The van der Waals surface area contributed by atoms with Gasteiger partial charge in [-0.2, -0.15) is 0 Å². The maximum absolute atomic E-state index is 11.4. The van der Waals surface area contributed by atoms with Gasteiger partial charge in [-0.05, 0) is 29.3 Å². The van der Waals surface area contributed by atoms with E-state index in [0.29, 0.717) is 11.3 Å². The summed E-state index contributed by atoms with van der Waals surface area (Å²) in [6.07, 6.45) is 5.08. The fraction of sp³-hybridized carbons (Fsp3) is 0. The Labute approximate surface area is 127 Å². The number of aromatic nitrogens is 2. The number of hydrogen-bond acceptors (Lipinski definition) is 4. The number of amides is 1. The number of nitrogens with one attached hydrogen (secondary N) is 1. The van der Waals surface area contributed by atoms with Gasteiger partial charge in [-0.1, -0.05) is 30.3 Å². The Kier molecular flexibility index (Phi) is 3.89. The minimum absolute atomic E-state index is 0.351. The molecule has 5 nitrogen and oxygen atoms in total. The van der Waals surface area contributed by atoms with Crippen LogP contribution in [-0.2, 0) is 0 Å². The van der Waals surface area contributed by atoms with Crippen molar-refractivity contribution >= 4 is 5.91 Å². The summed E-state index contributed by atoms with van der Waals surface area (Å²) >= 11 is 0. The third-order valence-corrected chi connectivity index (χ3v) is 3.30. The number of carbonyl (C=O) groups excluding carboxylic acids is 1. The highest BCUT2D eigenvalue weighted by molar-refractivity contribution is 5.94. The van der Waals surface area contributed by atoms with Gasteiger partial charge in [0.2, 0.25) is 0 Å². The molecule has 0 fully saturated rings. The van der Waals surface area contributed by atoms with Gasteiger partial charge in [-0.15, -0.1) is 0 Å². The van der Waals surface area contributed by atoms with Crippen molar-refractivity contribution in [3.63, 3.8) is 0 Å². The first-order valence-corrected chi connectivity index (χ1v) is 6.69. The maximum atomic E-state index is 11.4. The topological polar surface area (TPSA) is 75.1 Å². The molecule has 2 aromatic heterocycles. The Morgan fingerprint density at radius 2 is 1.73 bits per heavy atom. The van der Waals surface area contributed by atoms with E-state index < -0.39 is 5.91 Å². The molecule has 2 N–H and O–H groups in total. The largest absolute Gasteiger partial charge is 0.288 e. The second kappa shape index (κ2) is 6.15. The van der Waals surface area contributed by atoms with Gasteiger partial charge in [0, 0.05) is 29.7 Å². The highest BCUT2D eigenvalue weighted by Gasteiger charge is 2.07. The molecule has 3 rings (SSSR count). The lowest BCUT2D eigenvalue weighted by Crippen LogP contribution is -2.18. The number of hydrogen-bond donors (Lipinski definition) is 2. The van der Waals surface area contributed by atoms with Crippen LogP contribution >= 0.6 is 0 Å². The summed E-state index contributed by atoms with van der Waals surface area (Å²) < 4.78 is 0. The molecule has 0 aliphatic heterocycles. The summed E-state index contributed by atoms with van der Waals surface area (Å²) in [5, 5.41) is 8.69. The van der Waals surface area contributed by atoms with E-state index in [2.05, 4.69) is 9.97 Å². The Morgan fingerprint density at radius 3 is 2.41 bits per heavy atom. The molecule has 0 spiro atoms. The van der Waals surface area contributed by atoms with Crippen LogP contribution in [0.5, 0.6) is 0 Å². The van der Waals surface area contributed by atoms with Crippen molar-refractivity contribution in [3.05, 3.63) is 72.7 Å². The monoisotopic (exact) mass is 291 g/mol. The molecule has 0 saturated heterocycles. The highest BCUT2D eigenvalue weighted by Crippen LogP contribution is 2.23. The first-order valence-electron chi connectivity index (χ1n) is 6.69. The molecular formula is C17H13N3O2. The van der Waals surface area contributed by atoms with Gasteiger partial charge in [0.1, 0.15) is 0 Å². The van der Waals surface area contributed by atoms with E-state index in [1.807, 2.05) is 36.4 Å². The Morgan fingerprint density at radius 1 is 0.955 bits per heavy atom. The normalized spacial score (nSPS) is 10.2. The summed E-state index contributed by atoms with van der Waals surface area (Å²) in [6.45, 7) is 0. The van der Waals surface area contributed by atoms with Crippen molar-refractivity contribution in [3.8, 4) is 22.4 Å². The number of carbonyl (C=O) groups is 1. The molecule has 5 heteroatoms. The maximum Gasteiger partial charge on any atom is 0.274 e. The average Bonchev–Trinajstić information content (AvgIpc) is 2.62. The molecule has 1 aromatic carbocycles. The van der Waals surface area contributed by atoms with Crippen LogP contribution in [0.3, 0.4) is 0 Å². The first-order chi connectivity index (χ1) is 10.8. The molecule has 22 heavy (non-hydrogen) atoms. The lowest BCUT2D eigenvalue weighted by atomic mass is 10.0. The van der Waals surface area contributed by atoms with E-state index in [-0.39, 0.29) is 0 Å². The van der Waals surface area contributed by atoms with Crippen LogP contribution in [0.25, 0.3) is 22.4 Å². The Bertz CT molecular complexity index is 787. The molecule has 0 aliphatic carbocycles. The number of nitrogens with zero attached hydrogens (tertiary/aromatic N) is 2. The van der Waals surface area contributed by atoms with Gasteiger partial charge < -0.3 is 0 Å². The number of benzene rings is 1. The van der Waals surface area contributed by atoms with E-state index in [0.717, 1.165) is 16.7 Å². The molecule has 0 saturated carbocycles. The van der Waals surface area contributed by atoms with Gasteiger partial charge in [0.15, 0.2) is 0 Å². The summed E-state index contributed by atoms with van der Waals surface area (Å²) in [5.41, 5.74) is 5.62. The van der Waals surface area contributed by atoms with Crippen molar-refractivity contribution in [1.82, 2.24) is 15.4 Å². The summed E-state index contributed by atoms with van der Waals surface area (Å²) in [4.78, 5) is 19.8. The molecule has 3 aromatic rings. The van der Waals surface area contributed by atoms with Crippen molar-refractivity contribution in [2.45, 2.75) is 0 Å². The zero-order valence-corrected chi connectivity index (χ0v) is 11.6.